The van der Waals surface area contributed by atoms with E-state index in [0.29, 0.717) is 11.7 Å². The van der Waals surface area contributed by atoms with E-state index < -0.39 is 0 Å². The zero-order valence-corrected chi connectivity index (χ0v) is 18.2. The second-order valence-corrected chi connectivity index (χ2v) is 10.2. The predicted molar refractivity (Wildman–Crippen MR) is 119 cm³/mol. The van der Waals surface area contributed by atoms with Crippen LogP contribution >= 0.6 is 23.1 Å². The summed E-state index contributed by atoms with van der Waals surface area (Å²) >= 11 is 3.04. The Kier molecular flexibility index (Phi) is 4.75. The summed E-state index contributed by atoms with van der Waals surface area (Å²) in [4.78, 5) is 35.0. The van der Waals surface area contributed by atoms with Gasteiger partial charge in [0.05, 0.1) is 10.6 Å². The number of hydrogen-bond donors (Lipinski definition) is 0. The van der Waals surface area contributed by atoms with Crippen LogP contribution in [0, 0.1) is 0 Å². The van der Waals surface area contributed by atoms with Gasteiger partial charge in [-0.3, -0.25) is 14.2 Å². The lowest BCUT2D eigenvalue weighted by Crippen LogP contribution is -2.35. The van der Waals surface area contributed by atoms with Crippen LogP contribution < -0.4 is 10.5 Å². The molecular formula is C22H23N3O2S2. The highest BCUT2D eigenvalue weighted by Gasteiger charge is 2.29. The molecule has 5 nitrogen and oxygen atoms in total. The third kappa shape index (κ3) is 3.11. The van der Waals surface area contributed by atoms with E-state index in [9.17, 15) is 9.59 Å². The maximum absolute atomic E-state index is 13.1. The number of thiophene rings is 1. The number of para-hydroxylation sites is 1. The van der Waals surface area contributed by atoms with Gasteiger partial charge in [0.25, 0.3) is 5.56 Å². The number of aryl methyl sites for hydroxylation is 2. The Morgan fingerprint density at radius 2 is 2.00 bits per heavy atom. The molecule has 1 aliphatic carbocycles. The van der Waals surface area contributed by atoms with Crippen molar-refractivity contribution in [2.24, 2.45) is 7.05 Å². The molecular weight excluding hydrogens is 402 g/mol. The van der Waals surface area contributed by atoms with Crippen LogP contribution in [0.15, 0.2) is 34.2 Å². The molecule has 0 N–H and O–H groups in total. The Labute approximate surface area is 177 Å². The van der Waals surface area contributed by atoms with E-state index in [-0.39, 0.29) is 16.7 Å². The molecule has 1 aromatic carbocycles. The van der Waals surface area contributed by atoms with E-state index in [1.807, 2.05) is 30.0 Å². The average Bonchev–Trinajstić information content (AvgIpc) is 3.32. The van der Waals surface area contributed by atoms with Crippen LogP contribution in [0.5, 0.6) is 0 Å². The summed E-state index contributed by atoms with van der Waals surface area (Å²) in [5.74, 6) is 0.0692. The lowest BCUT2D eigenvalue weighted by molar-refractivity contribution is -0.117. The molecule has 0 saturated heterocycles. The topological polar surface area (TPSA) is 55.2 Å². The van der Waals surface area contributed by atoms with Crippen molar-refractivity contribution in [2.75, 3.05) is 11.4 Å². The van der Waals surface area contributed by atoms with Gasteiger partial charge < -0.3 is 4.90 Å². The van der Waals surface area contributed by atoms with Crippen molar-refractivity contribution in [3.05, 3.63) is 50.6 Å². The second-order valence-electron chi connectivity index (χ2n) is 7.78. The molecule has 0 radical (unpaired) electrons. The predicted octanol–water partition coefficient (Wildman–Crippen LogP) is 3.94. The molecule has 3 heterocycles. The maximum Gasteiger partial charge on any atom is 0.262 e. The molecule has 7 heteroatoms. The number of amides is 1. The third-order valence-corrected chi connectivity index (χ3v) is 8.26. The number of rotatable bonds is 3. The maximum atomic E-state index is 13.1. The summed E-state index contributed by atoms with van der Waals surface area (Å²) in [6.45, 7) is 2.62. The minimum Gasteiger partial charge on any atom is -0.311 e. The van der Waals surface area contributed by atoms with Crippen molar-refractivity contribution in [3.8, 4) is 0 Å². The number of carbonyl (C=O) groups excluding carboxylic acids is 1. The molecule has 2 aromatic heterocycles. The first-order valence-electron chi connectivity index (χ1n) is 10.1. The number of fused-ring (bicyclic) bond motifs is 4. The molecule has 150 valence electrons. The van der Waals surface area contributed by atoms with Crippen molar-refractivity contribution in [2.45, 2.75) is 49.4 Å². The minimum absolute atomic E-state index is 0.0167. The smallest absolute Gasteiger partial charge is 0.262 e. The lowest BCUT2D eigenvalue weighted by atomic mass is 9.97. The van der Waals surface area contributed by atoms with Gasteiger partial charge in [-0.2, -0.15) is 0 Å². The van der Waals surface area contributed by atoms with Gasteiger partial charge in [-0.25, -0.2) is 4.98 Å². The molecule has 0 saturated carbocycles. The first-order chi connectivity index (χ1) is 14.0. The Morgan fingerprint density at radius 1 is 1.21 bits per heavy atom. The van der Waals surface area contributed by atoms with Crippen LogP contribution in [-0.4, -0.2) is 27.3 Å². The molecule has 2 aliphatic rings. The van der Waals surface area contributed by atoms with Gasteiger partial charge >= 0.3 is 0 Å². The SMILES string of the molecule is C[C@H](Sc1nc2sc3c(c2c(=O)n1C)CCCC3)C(=O)N1CCc2ccccc21. The van der Waals surface area contributed by atoms with Crippen LogP contribution in [-0.2, 0) is 31.1 Å². The second kappa shape index (κ2) is 7.29. The highest BCUT2D eigenvalue weighted by molar-refractivity contribution is 8.00. The summed E-state index contributed by atoms with van der Waals surface area (Å²) in [6, 6.07) is 8.08. The molecule has 0 bridgehead atoms. The van der Waals surface area contributed by atoms with E-state index in [1.165, 1.54) is 34.2 Å². The normalized spacial score (nSPS) is 16.7. The number of aromatic nitrogens is 2. The number of thioether (sulfide) groups is 1. The number of nitrogens with zero attached hydrogens (tertiary/aromatic N) is 3. The number of benzene rings is 1. The first kappa shape index (κ1) is 18.9. The largest absolute Gasteiger partial charge is 0.311 e. The molecule has 1 amide bonds. The van der Waals surface area contributed by atoms with Crippen LogP contribution in [0.4, 0.5) is 5.69 Å². The molecule has 0 unspecified atom stereocenters. The van der Waals surface area contributed by atoms with Crippen LogP contribution in [0.25, 0.3) is 10.2 Å². The lowest BCUT2D eigenvalue weighted by Gasteiger charge is -2.21. The fourth-order valence-electron chi connectivity index (χ4n) is 4.37. The van der Waals surface area contributed by atoms with E-state index in [0.717, 1.165) is 41.6 Å². The molecule has 29 heavy (non-hydrogen) atoms. The molecule has 0 spiro atoms. The highest BCUT2D eigenvalue weighted by Crippen LogP contribution is 2.36. The molecule has 5 rings (SSSR count). The highest BCUT2D eigenvalue weighted by atomic mass is 32.2. The fraction of sp³-hybridized carbons (Fsp3) is 0.409. The Hall–Kier alpha value is -2.12. The van der Waals surface area contributed by atoms with Crippen molar-refractivity contribution < 1.29 is 4.79 Å². The van der Waals surface area contributed by atoms with Crippen molar-refractivity contribution in [1.82, 2.24) is 9.55 Å². The van der Waals surface area contributed by atoms with E-state index >= 15 is 0 Å². The Morgan fingerprint density at radius 3 is 2.86 bits per heavy atom. The van der Waals surface area contributed by atoms with E-state index in [2.05, 4.69) is 6.07 Å². The number of carbonyl (C=O) groups is 1. The third-order valence-electron chi connectivity index (χ3n) is 5.94. The van der Waals surface area contributed by atoms with E-state index in [1.54, 1.807) is 23.0 Å². The molecule has 3 aromatic rings. The van der Waals surface area contributed by atoms with Crippen molar-refractivity contribution >= 4 is 44.9 Å². The van der Waals surface area contributed by atoms with Gasteiger partial charge in [0.2, 0.25) is 5.91 Å². The summed E-state index contributed by atoms with van der Waals surface area (Å²) in [5, 5.41) is 1.10. The van der Waals surface area contributed by atoms with Crippen LogP contribution in [0.1, 0.15) is 35.8 Å². The van der Waals surface area contributed by atoms with Crippen molar-refractivity contribution in [3.63, 3.8) is 0 Å². The average molecular weight is 426 g/mol. The van der Waals surface area contributed by atoms with Gasteiger partial charge in [0.1, 0.15) is 4.83 Å². The quantitative estimate of drug-likeness (QED) is 0.471. The van der Waals surface area contributed by atoms with Gasteiger partial charge in [-0.15, -0.1) is 11.3 Å². The summed E-state index contributed by atoms with van der Waals surface area (Å²) in [6.07, 6.45) is 5.24. The van der Waals surface area contributed by atoms with Gasteiger partial charge in [0, 0.05) is 24.2 Å². The standard InChI is InChI=1S/C22H23N3O2S2/c1-13(20(26)25-12-11-14-7-3-5-9-16(14)25)28-22-23-19-18(21(27)24(22)2)15-8-4-6-10-17(15)29-19/h3,5,7,9,13H,4,6,8,10-12H2,1-2H3/t13-/m0/s1. The van der Waals surface area contributed by atoms with Gasteiger partial charge in [0.15, 0.2) is 5.16 Å². The molecule has 1 atom stereocenters. The van der Waals surface area contributed by atoms with Crippen molar-refractivity contribution in [1.29, 1.82) is 0 Å². The molecule has 1 aliphatic heterocycles. The number of anilines is 1. The summed E-state index contributed by atoms with van der Waals surface area (Å²) in [7, 11) is 1.77. The van der Waals surface area contributed by atoms with E-state index in [4.69, 9.17) is 4.98 Å². The summed E-state index contributed by atoms with van der Waals surface area (Å²) in [5.41, 5.74) is 3.45. The zero-order chi connectivity index (χ0) is 20.1. The van der Waals surface area contributed by atoms with Crippen LogP contribution in [0.3, 0.4) is 0 Å². The monoisotopic (exact) mass is 425 g/mol. The minimum atomic E-state index is -0.314. The summed E-state index contributed by atoms with van der Waals surface area (Å²) < 4.78 is 1.62. The van der Waals surface area contributed by atoms with Gasteiger partial charge in [-0.1, -0.05) is 30.0 Å². The molecule has 0 fully saturated rings. The Bertz CT molecular complexity index is 1180. The first-order valence-corrected chi connectivity index (χ1v) is 11.8. The Balaban J connectivity index is 1.45. The fourth-order valence-corrected chi connectivity index (χ4v) is 6.61. The number of hydrogen-bond acceptors (Lipinski definition) is 5. The zero-order valence-electron chi connectivity index (χ0n) is 16.6. The van der Waals surface area contributed by atoms with Crippen LogP contribution in [0.2, 0.25) is 0 Å². The van der Waals surface area contributed by atoms with Gasteiger partial charge in [-0.05, 0) is 56.2 Å².